The predicted molar refractivity (Wildman–Crippen MR) is 214 cm³/mol. The average Bonchev–Trinajstić information content (AvgIpc) is 3.64. The fraction of sp³-hybridized carbons (Fsp3) is 0.209. The van der Waals surface area contributed by atoms with Gasteiger partial charge >= 0.3 is 0 Å². The summed E-state index contributed by atoms with van der Waals surface area (Å²) in [5.41, 5.74) is 15.1. The van der Waals surface area contributed by atoms with E-state index in [4.69, 9.17) is 0 Å². The highest BCUT2D eigenvalue weighted by Crippen LogP contribution is 2.47. The maximum Gasteiger partial charge on any atom is 0.0686 e. The fourth-order valence-corrected chi connectivity index (χ4v) is 7.45. The van der Waals surface area contributed by atoms with Gasteiger partial charge in [0.05, 0.1) is 17.9 Å². The third-order valence-corrected chi connectivity index (χ3v) is 9.81. The monoisotopic (exact) mass is 652 g/mol. The summed E-state index contributed by atoms with van der Waals surface area (Å²) >= 11 is 1.86. The summed E-state index contributed by atoms with van der Waals surface area (Å²) in [5, 5.41) is 7.64. The van der Waals surface area contributed by atoms with Gasteiger partial charge in [0.15, 0.2) is 0 Å². The molecule has 1 atom stereocenters. The van der Waals surface area contributed by atoms with Crippen LogP contribution in [0.25, 0.3) is 31.3 Å². The van der Waals surface area contributed by atoms with Crippen molar-refractivity contribution in [3.8, 4) is 11.1 Å². The van der Waals surface area contributed by atoms with Gasteiger partial charge in [-0.25, -0.2) is 0 Å². The van der Waals surface area contributed by atoms with Crippen molar-refractivity contribution in [1.29, 1.82) is 0 Å². The van der Waals surface area contributed by atoms with Gasteiger partial charge in [-0.1, -0.05) is 108 Å². The lowest BCUT2D eigenvalue weighted by atomic mass is 9.98. The molecule has 2 aliphatic heterocycles. The first kappa shape index (κ1) is 34.3. The van der Waals surface area contributed by atoms with Crippen molar-refractivity contribution in [2.75, 3.05) is 22.4 Å². The maximum atomic E-state index is 3.77. The molecule has 1 unspecified atom stereocenters. The molecule has 4 nitrogen and oxygen atoms in total. The lowest BCUT2D eigenvalue weighted by Gasteiger charge is -2.36. The molecule has 0 spiro atoms. The molecule has 1 aromatic heterocycles. The second kappa shape index (κ2) is 15.7. The molecule has 2 N–H and O–H groups in total. The van der Waals surface area contributed by atoms with E-state index in [2.05, 4.69) is 156 Å². The zero-order valence-electron chi connectivity index (χ0n) is 29.3. The third-order valence-electron chi connectivity index (χ3n) is 8.66. The largest absolute Gasteiger partial charge is 0.394 e. The first-order chi connectivity index (χ1) is 23.6. The van der Waals surface area contributed by atoms with Crippen LogP contribution in [0.2, 0.25) is 0 Å². The Morgan fingerprint density at radius 1 is 0.750 bits per heavy atom. The number of anilines is 4. The molecule has 246 valence electrons. The minimum Gasteiger partial charge on any atom is -0.394 e. The summed E-state index contributed by atoms with van der Waals surface area (Å²) in [6.07, 6.45) is 3.86. The van der Waals surface area contributed by atoms with Crippen molar-refractivity contribution in [3.63, 3.8) is 0 Å². The maximum absolute atomic E-state index is 3.77. The van der Waals surface area contributed by atoms with Gasteiger partial charge in [-0.3, -0.25) is 10.4 Å². The number of para-hydroxylation sites is 1. The first-order valence-electron chi connectivity index (χ1n) is 17.1. The van der Waals surface area contributed by atoms with Crippen LogP contribution in [0.5, 0.6) is 0 Å². The summed E-state index contributed by atoms with van der Waals surface area (Å²) in [6, 6.07) is 39.9. The van der Waals surface area contributed by atoms with Crippen LogP contribution in [0.4, 0.5) is 22.7 Å². The second-order valence-electron chi connectivity index (χ2n) is 11.2. The molecular weight excluding hydrogens is 605 g/mol. The molecule has 3 heterocycles. The van der Waals surface area contributed by atoms with Crippen molar-refractivity contribution in [2.24, 2.45) is 0 Å². The molecule has 0 amide bonds. The normalized spacial score (nSPS) is 14.7. The van der Waals surface area contributed by atoms with E-state index in [1.807, 2.05) is 46.1 Å². The van der Waals surface area contributed by atoms with E-state index >= 15 is 0 Å². The molecule has 5 aromatic carbocycles. The summed E-state index contributed by atoms with van der Waals surface area (Å²) in [7, 11) is 1.81. The van der Waals surface area contributed by atoms with Crippen molar-refractivity contribution < 1.29 is 0 Å². The Bertz CT molecular complexity index is 2040. The number of nitrogens with zero attached hydrogens (tertiary/aromatic N) is 2. The van der Waals surface area contributed by atoms with E-state index in [0.29, 0.717) is 5.92 Å². The Kier molecular flexibility index (Phi) is 11.3. The molecule has 0 fully saturated rings. The topological polar surface area (TPSA) is 30.5 Å². The van der Waals surface area contributed by atoms with Crippen LogP contribution in [0.15, 0.2) is 134 Å². The molecule has 0 bridgehead atoms. The lowest BCUT2D eigenvalue weighted by molar-refractivity contribution is 0.884. The number of rotatable bonds is 5. The number of benzene rings is 5. The molecular formula is C43H48N4S. The summed E-state index contributed by atoms with van der Waals surface area (Å²) in [5.74, 6) is 0.322. The quantitative estimate of drug-likeness (QED) is 0.194. The van der Waals surface area contributed by atoms with Crippen molar-refractivity contribution >= 4 is 54.3 Å². The highest BCUT2D eigenvalue weighted by Gasteiger charge is 2.32. The average molecular weight is 653 g/mol. The molecule has 5 heteroatoms. The van der Waals surface area contributed by atoms with Crippen molar-refractivity contribution in [2.45, 2.75) is 54.0 Å². The first-order valence-corrected chi connectivity index (χ1v) is 17.9. The van der Waals surface area contributed by atoms with Gasteiger partial charge in [-0.05, 0) is 83.9 Å². The molecule has 8 rings (SSSR count). The molecule has 0 aliphatic carbocycles. The molecule has 0 saturated heterocycles. The standard InChI is InChI=1S/C36H29N3S.C3H7N.2C2H6/c1-3-32-23(2)29-17-16-28(38-22-26-9-4-6-13-33(26)38)21-34(29)39(32)37-27-11-8-10-24(19-27)25-15-18-36-31(20-25)30-12-5-7-14-35(30)40-36;1-3-4-2;2*1-2/h3-21,23,37H,22H2,1-2H3;3-4H,1H2,2H3;2*1-2H3/b32-3+;;;. The number of thiophene rings is 1. The Morgan fingerprint density at radius 2 is 1.46 bits per heavy atom. The van der Waals surface area contributed by atoms with Gasteiger partial charge in [0.1, 0.15) is 0 Å². The second-order valence-corrected chi connectivity index (χ2v) is 12.3. The van der Waals surface area contributed by atoms with E-state index in [1.54, 1.807) is 6.20 Å². The highest BCUT2D eigenvalue weighted by atomic mass is 32.1. The van der Waals surface area contributed by atoms with E-state index in [-0.39, 0.29) is 0 Å². The zero-order chi connectivity index (χ0) is 34.2. The smallest absolute Gasteiger partial charge is 0.0686 e. The minimum atomic E-state index is 0.322. The SMILES string of the molecule is C/C=C1\C(C)c2ccc(N3Cc4ccccc43)cc2N1Nc1cccc(-c2ccc3sc4ccccc4c3c2)c1.C=CNC.CC.CC. The van der Waals surface area contributed by atoms with Gasteiger partial charge in [0, 0.05) is 50.2 Å². The van der Waals surface area contributed by atoms with Gasteiger partial charge in [-0.15, -0.1) is 11.3 Å². The number of hydrogen-bond acceptors (Lipinski definition) is 5. The lowest BCUT2D eigenvalue weighted by Crippen LogP contribution is -2.28. The summed E-state index contributed by atoms with van der Waals surface area (Å²) in [4.78, 5) is 2.40. The van der Waals surface area contributed by atoms with Gasteiger partial charge in [0.25, 0.3) is 0 Å². The van der Waals surface area contributed by atoms with E-state index in [9.17, 15) is 0 Å². The van der Waals surface area contributed by atoms with Gasteiger partial charge in [-0.2, -0.15) is 0 Å². The zero-order valence-corrected chi connectivity index (χ0v) is 30.2. The van der Waals surface area contributed by atoms with Gasteiger partial charge < -0.3 is 10.2 Å². The van der Waals surface area contributed by atoms with Crippen molar-refractivity contribution in [3.05, 3.63) is 145 Å². The van der Waals surface area contributed by atoms with Crippen LogP contribution >= 0.6 is 11.3 Å². The molecule has 6 aromatic rings. The van der Waals surface area contributed by atoms with E-state index in [1.165, 1.54) is 65.2 Å². The number of allylic oxidation sites excluding steroid dienone is 2. The number of nitrogens with one attached hydrogen (secondary N) is 2. The van der Waals surface area contributed by atoms with Crippen LogP contribution in [0.3, 0.4) is 0 Å². The number of fused-ring (bicyclic) bond motifs is 5. The Morgan fingerprint density at radius 3 is 2.21 bits per heavy atom. The van der Waals surface area contributed by atoms with Crippen LogP contribution < -0.4 is 20.7 Å². The highest BCUT2D eigenvalue weighted by molar-refractivity contribution is 7.25. The van der Waals surface area contributed by atoms with Crippen LogP contribution in [-0.2, 0) is 6.54 Å². The van der Waals surface area contributed by atoms with Crippen LogP contribution in [-0.4, -0.2) is 7.05 Å². The van der Waals surface area contributed by atoms with E-state index in [0.717, 1.165) is 12.2 Å². The number of hydrogen-bond donors (Lipinski definition) is 2. The van der Waals surface area contributed by atoms with Crippen LogP contribution in [0.1, 0.15) is 58.6 Å². The third kappa shape index (κ3) is 6.56. The molecule has 2 aliphatic rings. The van der Waals surface area contributed by atoms with Crippen LogP contribution in [0, 0.1) is 0 Å². The number of hydrazine groups is 1. The molecule has 0 saturated carbocycles. The molecule has 48 heavy (non-hydrogen) atoms. The van der Waals surface area contributed by atoms with E-state index < -0.39 is 0 Å². The molecule has 0 radical (unpaired) electrons. The summed E-state index contributed by atoms with van der Waals surface area (Å²) in [6.45, 7) is 16.8. The Balaban J connectivity index is 0.000000519. The predicted octanol–water partition coefficient (Wildman–Crippen LogP) is 12.6. The minimum absolute atomic E-state index is 0.322. The van der Waals surface area contributed by atoms with Gasteiger partial charge in [0.2, 0.25) is 0 Å². The Hall–Kier alpha value is -5.00. The Labute approximate surface area is 291 Å². The summed E-state index contributed by atoms with van der Waals surface area (Å²) < 4.78 is 2.67. The fourth-order valence-electron chi connectivity index (χ4n) is 6.36. The van der Waals surface area contributed by atoms with Crippen molar-refractivity contribution in [1.82, 2.24) is 5.32 Å².